The number of aryl methyl sites for hydroxylation is 1. The highest BCUT2D eigenvalue weighted by Gasteiger charge is 2.17. The monoisotopic (exact) mass is 216 g/mol. The predicted molar refractivity (Wildman–Crippen MR) is 61.3 cm³/mol. The van der Waals surface area contributed by atoms with Crippen LogP contribution in [0.2, 0.25) is 0 Å². The van der Waals surface area contributed by atoms with Crippen LogP contribution in [-0.2, 0) is 0 Å². The molecule has 0 atom stereocenters. The van der Waals surface area contributed by atoms with E-state index in [2.05, 4.69) is 41.9 Å². The number of thiophene rings is 1. The van der Waals surface area contributed by atoms with Gasteiger partial charge in [0.05, 0.1) is 4.58 Å². The Kier molecular flexibility index (Phi) is 3.05. The van der Waals surface area contributed by atoms with Gasteiger partial charge in [-0.15, -0.1) is 34.9 Å². The highest BCUT2D eigenvalue weighted by atomic mass is 32.2. The van der Waals surface area contributed by atoms with Gasteiger partial charge in [0.25, 0.3) is 0 Å². The molecule has 1 saturated heterocycles. The molecule has 1 aromatic heterocycles. The molecule has 1 aliphatic rings. The van der Waals surface area contributed by atoms with Gasteiger partial charge in [0.1, 0.15) is 0 Å². The molecule has 0 saturated carbocycles. The molecule has 3 heteroatoms. The predicted octanol–water partition coefficient (Wildman–Crippen LogP) is 3.93. The van der Waals surface area contributed by atoms with E-state index in [1.807, 2.05) is 11.3 Å². The average molecular weight is 216 g/mol. The van der Waals surface area contributed by atoms with Crippen LogP contribution in [0.25, 0.3) is 0 Å². The number of hydrogen-bond acceptors (Lipinski definition) is 3. The van der Waals surface area contributed by atoms with Crippen molar-refractivity contribution in [2.45, 2.75) is 17.9 Å². The van der Waals surface area contributed by atoms with Crippen LogP contribution >= 0.6 is 34.9 Å². The largest absolute Gasteiger partial charge is 0.147 e. The van der Waals surface area contributed by atoms with Crippen LogP contribution in [0.1, 0.15) is 21.4 Å². The third kappa shape index (κ3) is 2.01. The van der Waals surface area contributed by atoms with E-state index in [0.717, 1.165) is 4.58 Å². The second-order valence-corrected chi connectivity index (χ2v) is 6.62. The molecule has 2 rings (SSSR count). The van der Waals surface area contributed by atoms with Gasteiger partial charge in [-0.3, -0.25) is 0 Å². The first-order valence-corrected chi connectivity index (χ1v) is 7.12. The fraction of sp³-hybridized carbons (Fsp3) is 0.556. The van der Waals surface area contributed by atoms with E-state index in [1.54, 1.807) is 4.88 Å². The highest BCUT2D eigenvalue weighted by Crippen LogP contribution is 2.45. The maximum Gasteiger partial charge on any atom is 0.0843 e. The van der Waals surface area contributed by atoms with Crippen molar-refractivity contribution in [3.05, 3.63) is 21.9 Å². The summed E-state index contributed by atoms with van der Waals surface area (Å²) in [5.41, 5.74) is 1.42. The molecule has 1 aromatic rings. The molecular formula is C9H12S3. The topological polar surface area (TPSA) is 0 Å². The zero-order valence-corrected chi connectivity index (χ0v) is 9.53. The van der Waals surface area contributed by atoms with Crippen LogP contribution in [-0.4, -0.2) is 11.5 Å². The van der Waals surface area contributed by atoms with Gasteiger partial charge in [0, 0.05) is 4.88 Å². The van der Waals surface area contributed by atoms with Gasteiger partial charge in [0.15, 0.2) is 0 Å². The van der Waals surface area contributed by atoms with E-state index in [4.69, 9.17) is 0 Å². The smallest absolute Gasteiger partial charge is 0.0843 e. The zero-order chi connectivity index (χ0) is 8.39. The lowest BCUT2D eigenvalue weighted by atomic mass is 10.3. The second-order valence-electron chi connectivity index (χ2n) is 2.95. The Labute approximate surface area is 86.1 Å². The lowest BCUT2D eigenvalue weighted by molar-refractivity contribution is 1.10. The normalized spacial score (nSPS) is 19.8. The molecule has 66 valence electrons. The summed E-state index contributed by atoms with van der Waals surface area (Å²) < 4.78 is 0.734. The standard InChI is InChI=1S/C9H12S3/c1-7-5-8(12-6-7)9-10-3-2-4-11-9/h5-6,9H,2-4H2,1H3. The second kappa shape index (κ2) is 4.07. The van der Waals surface area contributed by atoms with Crippen LogP contribution in [0, 0.1) is 6.92 Å². The molecule has 0 amide bonds. The van der Waals surface area contributed by atoms with E-state index in [1.165, 1.54) is 23.5 Å². The number of thioether (sulfide) groups is 2. The molecule has 0 aliphatic carbocycles. The first kappa shape index (κ1) is 8.97. The first-order valence-electron chi connectivity index (χ1n) is 4.14. The Morgan fingerprint density at radius 1 is 1.33 bits per heavy atom. The van der Waals surface area contributed by atoms with Crippen molar-refractivity contribution in [2.24, 2.45) is 0 Å². The third-order valence-corrected chi connectivity index (χ3v) is 6.20. The van der Waals surface area contributed by atoms with Crippen molar-refractivity contribution >= 4 is 34.9 Å². The minimum absolute atomic E-state index is 0.734. The Morgan fingerprint density at radius 2 is 2.08 bits per heavy atom. The quantitative estimate of drug-likeness (QED) is 0.698. The molecule has 0 spiro atoms. The maximum atomic E-state index is 2.33. The van der Waals surface area contributed by atoms with Crippen molar-refractivity contribution in [1.82, 2.24) is 0 Å². The summed E-state index contributed by atoms with van der Waals surface area (Å²) in [6.45, 7) is 2.18. The van der Waals surface area contributed by atoms with Gasteiger partial charge < -0.3 is 0 Å². The summed E-state index contributed by atoms with van der Waals surface area (Å²) in [6, 6.07) is 2.33. The van der Waals surface area contributed by atoms with Gasteiger partial charge in [-0.25, -0.2) is 0 Å². The molecule has 1 aliphatic heterocycles. The maximum absolute atomic E-state index is 2.33. The minimum Gasteiger partial charge on any atom is -0.147 e. The van der Waals surface area contributed by atoms with Crippen LogP contribution in [0.3, 0.4) is 0 Å². The molecule has 0 radical (unpaired) electrons. The van der Waals surface area contributed by atoms with E-state index < -0.39 is 0 Å². The number of rotatable bonds is 1. The Morgan fingerprint density at radius 3 is 2.67 bits per heavy atom. The molecule has 0 nitrogen and oxygen atoms in total. The Hall–Kier alpha value is 0.400. The molecule has 0 aromatic carbocycles. The fourth-order valence-corrected chi connectivity index (χ4v) is 5.39. The van der Waals surface area contributed by atoms with Crippen LogP contribution in [0.4, 0.5) is 0 Å². The zero-order valence-electron chi connectivity index (χ0n) is 7.08. The van der Waals surface area contributed by atoms with Crippen molar-refractivity contribution in [3.63, 3.8) is 0 Å². The SMILES string of the molecule is Cc1csc(C2SCCCS2)c1. The Balaban J connectivity index is 2.08. The van der Waals surface area contributed by atoms with E-state index in [9.17, 15) is 0 Å². The summed E-state index contributed by atoms with van der Waals surface area (Å²) in [4.78, 5) is 1.56. The lowest BCUT2D eigenvalue weighted by Crippen LogP contribution is -1.97. The average Bonchev–Trinajstić information content (AvgIpc) is 2.54. The third-order valence-electron chi connectivity index (χ3n) is 1.81. The van der Waals surface area contributed by atoms with Gasteiger partial charge in [-0.05, 0) is 41.9 Å². The van der Waals surface area contributed by atoms with Crippen LogP contribution in [0.5, 0.6) is 0 Å². The molecule has 0 unspecified atom stereocenters. The van der Waals surface area contributed by atoms with Gasteiger partial charge in [-0.1, -0.05) is 0 Å². The summed E-state index contributed by atoms with van der Waals surface area (Å²) >= 11 is 6.12. The van der Waals surface area contributed by atoms with Crippen molar-refractivity contribution < 1.29 is 0 Å². The Bertz CT molecular complexity index is 248. The van der Waals surface area contributed by atoms with Crippen LogP contribution in [0.15, 0.2) is 11.4 Å². The van der Waals surface area contributed by atoms with Gasteiger partial charge in [-0.2, -0.15) is 0 Å². The van der Waals surface area contributed by atoms with E-state index in [-0.39, 0.29) is 0 Å². The van der Waals surface area contributed by atoms with E-state index in [0.29, 0.717) is 0 Å². The van der Waals surface area contributed by atoms with Gasteiger partial charge in [0.2, 0.25) is 0 Å². The molecule has 0 N–H and O–H groups in total. The van der Waals surface area contributed by atoms with Gasteiger partial charge >= 0.3 is 0 Å². The minimum atomic E-state index is 0.734. The number of hydrogen-bond donors (Lipinski definition) is 0. The highest BCUT2D eigenvalue weighted by molar-refractivity contribution is 8.17. The fourth-order valence-electron chi connectivity index (χ4n) is 1.23. The molecule has 1 fully saturated rings. The summed E-state index contributed by atoms with van der Waals surface area (Å²) in [5, 5.41) is 2.26. The molecule has 0 bridgehead atoms. The van der Waals surface area contributed by atoms with Crippen molar-refractivity contribution in [3.8, 4) is 0 Å². The first-order chi connectivity index (χ1) is 5.86. The van der Waals surface area contributed by atoms with E-state index >= 15 is 0 Å². The lowest BCUT2D eigenvalue weighted by Gasteiger charge is -2.19. The molecule has 2 heterocycles. The summed E-state index contributed by atoms with van der Waals surface area (Å²) in [5.74, 6) is 2.68. The summed E-state index contributed by atoms with van der Waals surface area (Å²) in [6.07, 6.45) is 1.39. The van der Waals surface area contributed by atoms with Crippen molar-refractivity contribution in [1.29, 1.82) is 0 Å². The molecular weight excluding hydrogens is 204 g/mol. The summed E-state index contributed by atoms with van der Waals surface area (Å²) in [7, 11) is 0. The molecule has 12 heavy (non-hydrogen) atoms. The van der Waals surface area contributed by atoms with Crippen molar-refractivity contribution in [2.75, 3.05) is 11.5 Å². The van der Waals surface area contributed by atoms with Crippen LogP contribution < -0.4 is 0 Å².